The van der Waals surface area contributed by atoms with Crippen LogP contribution in [-0.4, -0.2) is 10.8 Å². The molecule has 1 heterocycles. The van der Waals surface area contributed by atoms with Crippen molar-refractivity contribution in [2.45, 2.75) is 0 Å². The number of halogens is 1. The van der Waals surface area contributed by atoms with Crippen LogP contribution in [0.3, 0.4) is 0 Å². The third-order valence-corrected chi connectivity index (χ3v) is 2.86. The van der Waals surface area contributed by atoms with Crippen LogP contribution in [-0.2, 0) is 0 Å². The second-order valence-electron chi connectivity index (χ2n) is 3.39. The summed E-state index contributed by atoms with van der Waals surface area (Å²) in [5.74, 6) is 0.00981. The van der Waals surface area contributed by atoms with Crippen LogP contribution in [0.1, 0.15) is 15.9 Å². The Morgan fingerprint density at radius 3 is 2.73 bits per heavy atom. The van der Waals surface area contributed by atoms with Crippen molar-refractivity contribution in [2.75, 3.05) is 0 Å². The third kappa shape index (κ3) is 1.05. The lowest BCUT2D eigenvalue weighted by Crippen LogP contribution is -1.94. The SMILES string of the molecule is O=C1c2cccnc2-c2c(Cl)cccc21. The molecule has 0 saturated carbocycles. The number of rotatable bonds is 0. The molecule has 0 aliphatic heterocycles. The Balaban J connectivity index is 2.45. The van der Waals surface area contributed by atoms with Crippen LogP contribution < -0.4 is 0 Å². The molecule has 1 aromatic heterocycles. The molecule has 0 amide bonds. The average Bonchev–Trinajstić information content (AvgIpc) is 2.55. The molecule has 2 nitrogen and oxygen atoms in total. The zero-order chi connectivity index (χ0) is 10.4. The van der Waals surface area contributed by atoms with Gasteiger partial charge in [-0.1, -0.05) is 23.7 Å². The normalized spacial score (nSPS) is 12.5. The summed E-state index contributed by atoms with van der Waals surface area (Å²) in [5.41, 5.74) is 2.75. The van der Waals surface area contributed by atoms with E-state index < -0.39 is 0 Å². The van der Waals surface area contributed by atoms with E-state index in [-0.39, 0.29) is 5.78 Å². The zero-order valence-corrected chi connectivity index (χ0v) is 8.45. The number of ketones is 1. The average molecular weight is 216 g/mol. The minimum atomic E-state index is 0.00981. The molecule has 1 aliphatic rings. The highest BCUT2D eigenvalue weighted by Crippen LogP contribution is 2.39. The first kappa shape index (κ1) is 8.62. The Morgan fingerprint density at radius 2 is 1.87 bits per heavy atom. The summed E-state index contributed by atoms with van der Waals surface area (Å²) in [6.45, 7) is 0. The van der Waals surface area contributed by atoms with E-state index in [1.54, 1.807) is 36.5 Å². The molecule has 0 radical (unpaired) electrons. The topological polar surface area (TPSA) is 30.0 Å². The molecule has 3 rings (SSSR count). The van der Waals surface area contributed by atoms with Crippen molar-refractivity contribution in [1.29, 1.82) is 0 Å². The second-order valence-corrected chi connectivity index (χ2v) is 3.80. The van der Waals surface area contributed by atoms with Gasteiger partial charge in [0, 0.05) is 22.9 Å². The van der Waals surface area contributed by atoms with E-state index in [1.807, 2.05) is 0 Å². The molecular weight excluding hydrogens is 210 g/mol. The van der Waals surface area contributed by atoms with Crippen LogP contribution >= 0.6 is 11.6 Å². The van der Waals surface area contributed by atoms with Gasteiger partial charge in [-0.3, -0.25) is 9.78 Å². The minimum absolute atomic E-state index is 0.00981. The van der Waals surface area contributed by atoms with Crippen LogP contribution in [0.25, 0.3) is 11.3 Å². The molecule has 1 aromatic carbocycles. The molecule has 0 bridgehead atoms. The maximum Gasteiger partial charge on any atom is 0.195 e. The fourth-order valence-corrected chi connectivity index (χ4v) is 2.15. The maximum absolute atomic E-state index is 11.9. The number of hydrogen-bond donors (Lipinski definition) is 0. The van der Waals surface area contributed by atoms with Gasteiger partial charge in [-0.05, 0) is 18.2 Å². The molecule has 0 spiro atoms. The van der Waals surface area contributed by atoms with E-state index in [2.05, 4.69) is 4.98 Å². The van der Waals surface area contributed by atoms with E-state index >= 15 is 0 Å². The van der Waals surface area contributed by atoms with Gasteiger partial charge in [0.2, 0.25) is 0 Å². The zero-order valence-electron chi connectivity index (χ0n) is 7.70. The molecule has 2 aromatic rings. The van der Waals surface area contributed by atoms with E-state index in [0.29, 0.717) is 21.8 Å². The number of carbonyl (C=O) groups is 1. The predicted molar refractivity (Wildman–Crippen MR) is 58.1 cm³/mol. The second kappa shape index (κ2) is 2.91. The highest BCUT2D eigenvalue weighted by atomic mass is 35.5. The van der Waals surface area contributed by atoms with Crippen molar-refractivity contribution in [3.05, 3.63) is 52.7 Å². The monoisotopic (exact) mass is 215 g/mol. The molecule has 3 heteroatoms. The number of pyridine rings is 1. The first-order chi connectivity index (χ1) is 7.29. The first-order valence-corrected chi connectivity index (χ1v) is 4.95. The summed E-state index contributed by atoms with van der Waals surface area (Å²) in [4.78, 5) is 16.1. The third-order valence-electron chi connectivity index (χ3n) is 2.55. The van der Waals surface area contributed by atoms with Gasteiger partial charge in [-0.2, -0.15) is 0 Å². The highest BCUT2D eigenvalue weighted by molar-refractivity contribution is 6.36. The first-order valence-electron chi connectivity index (χ1n) is 4.57. The van der Waals surface area contributed by atoms with Gasteiger partial charge in [-0.15, -0.1) is 0 Å². The Labute approximate surface area is 91.5 Å². The standard InChI is InChI=1S/C12H6ClNO/c13-9-5-1-3-7-10(9)11-8(12(7)15)4-2-6-14-11/h1-6H. The summed E-state index contributed by atoms with van der Waals surface area (Å²) in [6.07, 6.45) is 1.67. The van der Waals surface area contributed by atoms with Gasteiger partial charge in [-0.25, -0.2) is 0 Å². The van der Waals surface area contributed by atoms with Crippen molar-refractivity contribution in [3.8, 4) is 11.3 Å². The van der Waals surface area contributed by atoms with Gasteiger partial charge in [0.05, 0.1) is 10.7 Å². The Morgan fingerprint density at radius 1 is 1.07 bits per heavy atom. The number of benzene rings is 1. The fourth-order valence-electron chi connectivity index (χ4n) is 1.89. The molecule has 0 atom stereocenters. The largest absolute Gasteiger partial charge is 0.289 e. The smallest absolute Gasteiger partial charge is 0.195 e. The Hall–Kier alpha value is -1.67. The van der Waals surface area contributed by atoms with Gasteiger partial charge in [0.25, 0.3) is 0 Å². The van der Waals surface area contributed by atoms with Gasteiger partial charge < -0.3 is 0 Å². The van der Waals surface area contributed by atoms with Crippen LogP contribution in [0, 0.1) is 0 Å². The number of nitrogens with zero attached hydrogens (tertiary/aromatic N) is 1. The molecular formula is C12H6ClNO. The van der Waals surface area contributed by atoms with Gasteiger partial charge >= 0.3 is 0 Å². The Bertz CT molecular complexity index is 578. The lowest BCUT2D eigenvalue weighted by molar-refractivity contribution is 0.104. The van der Waals surface area contributed by atoms with Crippen molar-refractivity contribution in [1.82, 2.24) is 4.98 Å². The summed E-state index contributed by atoms with van der Waals surface area (Å²) < 4.78 is 0. The molecule has 72 valence electrons. The van der Waals surface area contributed by atoms with E-state index in [9.17, 15) is 4.79 Å². The van der Waals surface area contributed by atoms with Gasteiger partial charge in [0.1, 0.15) is 0 Å². The van der Waals surface area contributed by atoms with Gasteiger partial charge in [0.15, 0.2) is 5.78 Å². The number of aromatic nitrogens is 1. The lowest BCUT2D eigenvalue weighted by Gasteiger charge is -1.99. The maximum atomic E-state index is 11.9. The molecule has 0 unspecified atom stereocenters. The predicted octanol–water partition coefficient (Wildman–Crippen LogP) is 2.95. The summed E-state index contributed by atoms with van der Waals surface area (Å²) in [6, 6.07) is 8.88. The lowest BCUT2D eigenvalue weighted by atomic mass is 10.1. The number of hydrogen-bond acceptors (Lipinski definition) is 2. The fraction of sp³-hybridized carbons (Fsp3) is 0. The number of carbonyl (C=O) groups excluding carboxylic acids is 1. The van der Waals surface area contributed by atoms with E-state index in [1.165, 1.54) is 0 Å². The van der Waals surface area contributed by atoms with E-state index in [4.69, 9.17) is 11.6 Å². The highest BCUT2D eigenvalue weighted by Gasteiger charge is 2.28. The number of fused-ring (bicyclic) bond motifs is 3. The molecule has 0 saturated heterocycles. The van der Waals surface area contributed by atoms with Crippen molar-refractivity contribution in [3.63, 3.8) is 0 Å². The van der Waals surface area contributed by atoms with Crippen LogP contribution in [0.2, 0.25) is 5.02 Å². The summed E-state index contributed by atoms with van der Waals surface area (Å²) in [7, 11) is 0. The molecule has 0 fully saturated rings. The van der Waals surface area contributed by atoms with E-state index in [0.717, 1.165) is 5.56 Å². The van der Waals surface area contributed by atoms with Crippen LogP contribution in [0.4, 0.5) is 0 Å². The van der Waals surface area contributed by atoms with Crippen molar-refractivity contribution >= 4 is 17.4 Å². The Kier molecular flexibility index (Phi) is 1.67. The molecule has 0 N–H and O–H groups in total. The molecule has 15 heavy (non-hydrogen) atoms. The van der Waals surface area contributed by atoms with Crippen LogP contribution in [0.15, 0.2) is 36.5 Å². The quantitative estimate of drug-likeness (QED) is 0.577. The van der Waals surface area contributed by atoms with Crippen molar-refractivity contribution in [2.24, 2.45) is 0 Å². The van der Waals surface area contributed by atoms with Crippen molar-refractivity contribution < 1.29 is 4.79 Å². The summed E-state index contributed by atoms with van der Waals surface area (Å²) in [5, 5.41) is 0.582. The molecule has 1 aliphatic carbocycles. The summed E-state index contributed by atoms with van der Waals surface area (Å²) >= 11 is 6.07. The minimum Gasteiger partial charge on any atom is -0.289 e. The van der Waals surface area contributed by atoms with Crippen LogP contribution in [0.5, 0.6) is 0 Å².